The largest absolute Gasteiger partial charge is 0.467 e. The lowest BCUT2D eigenvalue weighted by Crippen LogP contribution is -2.45. The first-order valence-electron chi connectivity index (χ1n) is 12.0. The quantitative estimate of drug-likeness (QED) is 0.259. The lowest BCUT2D eigenvalue weighted by Gasteiger charge is -2.33. The van der Waals surface area contributed by atoms with Crippen molar-refractivity contribution in [1.82, 2.24) is 19.5 Å². The minimum atomic E-state index is -4.42. The molecule has 0 fully saturated rings. The van der Waals surface area contributed by atoms with Crippen LogP contribution in [0.2, 0.25) is 0 Å². The number of likely N-dealkylation sites (N-methyl/N-ethyl adjacent to an activating group) is 1. The van der Waals surface area contributed by atoms with Crippen LogP contribution in [0.1, 0.15) is 29.5 Å². The molecule has 9 heteroatoms. The van der Waals surface area contributed by atoms with E-state index >= 15 is 0 Å². The number of aromatic nitrogens is 3. The Morgan fingerprint density at radius 3 is 2.39 bits per heavy atom. The summed E-state index contributed by atoms with van der Waals surface area (Å²) in [7, 11) is 1.73. The van der Waals surface area contributed by atoms with Crippen LogP contribution < -0.4 is 0 Å². The van der Waals surface area contributed by atoms with Crippen LogP contribution in [-0.4, -0.2) is 32.5 Å². The van der Waals surface area contributed by atoms with E-state index in [9.17, 15) is 18.0 Å². The summed E-state index contributed by atoms with van der Waals surface area (Å²) < 4.78 is 46.3. The van der Waals surface area contributed by atoms with E-state index < -0.39 is 17.2 Å². The van der Waals surface area contributed by atoms with Gasteiger partial charge in [-0.25, -0.2) is 9.50 Å². The highest BCUT2D eigenvalue weighted by molar-refractivity contribution is 5.88. The summed E-state index contributed by atoms with van der Waals surface area (Å²) in [4.78, 5) is 20.2. The highest BCUT2D eigenvalue weighted by Crippen LogP contribution is 2.35. The fraction of sp³-hybridized carbons (Fsp3) is 0.207. The zero-order valence-corrected chi connectivity index (χ0v) is 20.8. The van der Waals surface area contributed by atoms with Gasteiger partial charge in [0.2, 0.25) is 5.91 Å². The number of carbonyl (C=O) groups is 1. The standard InChI is InChI=1S/C29H25F3N4O2/c1-28(17-20-7-4-3-5-8-20,27(37)35(2)19-23-9-6-16-38-23)25-14-15-33-26-24(18-34-36(25)26)21-10-12-22(13-11-21)29(30,31)32/h3-16,18H,17,19H2,1-2H3. The van der Waals surface area contributed by atoms with Crippen LogP contribution in [0.5, 0.6) is 0 Å². The molecule has 0 radical (unpaired) electrons. The predicted octanol–water partition coefficient (Wildman–Crippen LogP) is 6.17. The van der Waals surface area contributed by atoms with Crippen LogP contribution in [0.15, 0.2) is 95.9 Å². The maximum atomic E-state index is 14.1. The summed E-state index contributed by atoms with van der Waals surface area (Å²) >= 11 is 0. The zero-order valence-electron chi connectivity index (χ0n) is 20.8. The first-order chi connectivity index (χ1) is 18.2. The maximum Gasteiger partial charge on any atom is 0.416 e. The molecule has 3 heterocycles. The number of amides is 1. The van der Waals surface area contributed by atoms with Crippen molar-refractivity contribution in [2.45, 2.75) is 31.5 Å². The fourth-order valence-corrected chi connectivity index (χ4v) is 4.76. The van der Waals surface area contributed by atoms with Crippen molar-refractivity contribution in [3.63, 3.8) is 0 Å². The number of benzene rings is 2. The zero-order chi connectivity index (χ0) is 26.9. The van der Waals surface area contributed by atoms with E-state index in [1.807, 2.05) is 43.3 Å². The molecule has 0 aliphatic rings. The topological polar surface area (TPSA) is 63.6 Å². The van der Waals surface area contributed by atoms with Crippen molar-refractivity contribution in [1.29, 1.82) is 0 Å². The van der Waals surface area contributed by atoms with Crippen LogP contribution in [0.25, 0.3) is 16.8 Å². The Hall–Kier alpha value is -4.40. The third-order valence-electron chi connectivity index (χ3n) is 6.68. The Morgan fingerprint density at radius 1 is 1.00 bits per heavy atom. The second-order valence-corrected chi connectivity index (χ2v) is 9.43. The van der Waals surface area contributed by atoms with Gasteiger partial charge >= 0.3 is 6.18 Å². The fourth-order valence-electron chi connectivity index (χ4n) is 4.76. The van der Waals surface area contributed by atoms with E-state index in [4.69, 9.17) is 4.42 Å². The van der Waals surface area contributed by atoms with Crippen molar-refractivity contribution in [3.05, 3.63) is 114 Å². The van der Waals surface area contributed by atoms with Crippen LogP contribution in [0, 0.1) is 0 Å². The van der Waals surface area contributed by atoms with Crippen LogP contribution in [0.3, 0.4) is 0 Å². The van der Waals surface area contributed by atoms with Gasteiger partial charge in [0.1, 0.15) is 5.76 Å². The molecule has 2 aromatic carbocycles. The molecule has 0 bridgehead atoms. The lowest BCUT2D eigenvalue weighted by atomic mass is 9.78. The van der Waals surface area contributed by atoms with E-state index in [0.717, 1.165) is 17.7 Å². The van der Waals surface area contributed by atoms with Crippen molar-refractivity contribution in [3.8, 4) is 11.1 Å². The van der Waals surface area contributed by atoms with Crippen LogP contribution in [-0.2, 0) is 29.4 Å². The van der Waals surface area contributed by atoms with E-state index in [1.54, 1.807) is 47.3 Å². The SMILES string of the molecule is CN(Cc1ccco1)C(=O)C(C)(Cc1ccccc1)c1ccnc2c(-c3ccc(C(F)(F)F)cc3)cnn12. The third-order valence-corrected chi connectivity index (χ3v) is 6.68. The molecule has 5 aromatic rings. The van der Waals surface area contributed by atoms with Gasteiger partial charge in [0.05, 0.1) is 35.7 Å². The highest BCUT2D eigenvalue weighted by atomic mass is 19.4. The number of alkyl halides is 3. The van der Waals surface area contributed by atoms with Gasteiger partial charge in [0.15, 0.2) is 5.65 Å². The number of halogens is 3. The van der Waals surface area contributed by atoms with Crippen LogP contribution in [0.4, 0.5) is 13.2 Å². The van der Waals surface area contributed by atoms with Gasteiger partial charge in [0.25, 0.3) is 0 Å². The van der Waals surface area contributed by atoms with Gasteiger partial charge in [-0.2, -0.15) is 18.3 Å². The number of furan rings is 1. The molecule has 0 saturated heterocycles. The van der Waals surface area contributed by atoms with Crippen molar-refractivity contribution >= 4 is 11.6 Å². The van der Waals surface area contributed by atoms with Gasteiger partial charge in [0, 0.05) is 18.8 Å². The number of hydrogen-bond acceptors (Lipinski definition) is 4. The molecule has 1 unspecified atom stereocenters. The molecule has 3 aromatic heterocycles. The molecule has 5 rings (SSSR count). The minimum absolute atomic E-state index is 0.142. The lowest BCUT2D eigenvalue weighted by molar-refractivity contribution is -0.138. The molecule has 1 amide bonds. The molecule has 0 N–H and O–H groups in total. The smallest absolute Gasteiger partial charge is 0.416 e. The first-order valence-corrected chi connectivity index (χ1v) is 12.0. The molecule has 194 valence electrons. The molecule has 0 saturated carbocycles. The van der Waals surface area contributed by atoms with Gasteiger partial charge < -0.3 is 9.32 Å². The van der Waals surface area contributed by atoms with E-state index in [0.29, 0.717) is 41.2 Å². The van der Waals surface area contributed by atoms with Crippen molar-refractivity contribution in [2.75, 3.05) is 7.05 Å². The third kappa shape index (κ3) is 4.79. The summed E-state index contributed by atoms with van der Waals surface area (Å²) in [6.45, 7) is 2.16. The highest BCUT2D eigenvalue weighted by Gasteiger charge is 2.40. The minimum Gasteiger partial charge on any atom is -0.467 e. The predicted molar refractivity (Wildman–Crippen MR) is 136 cm³/mol. The number of carbonyl (C=O) groups excluding carboxylic acids is 1. The molecule has 1 atom stereocenters. The number of fused-ring (bicyclic) bond motifs is 1. The monoisotopic (exact) mass is 518 g/mol. The normalized spacial score (nSPS) is 13.4. The average molecular weight is 519 g/mol. The summed E-state index contributed by atoms with van der Waals surface area (Å²) in [5, 5.41) is 4.53. The van der Waals surface area contributed by atoms with Gasteiger partial charge in [-0.1, -0.05) is 42.5 Å². The number of rotatable bonds is 7. The van der Waals surface area contributed by atoms with Gasteiger partial charge in [-0.05, 0) is 54.8 Å². The summed E-state index contributed by atoms with van der Waals surface area (Å²) in [6.07, 6.45) is 0.698. The summed E-state index contributed by atoms with van der Waals surface area (Å²) in [5.41, 5.74) is 1.36. The van der Waals surface area contributed by atoms with E-state index in [-0.39, 0.29) is 5.91 Å². The second-order valence-electron chi connectivity index (χ2n) is 9.43. The Bertz CT molecular complexity index is 1540. The van der Waals surface area contributed by atoms with Crippen LogP contribution >= 0.6 is 0 Å². The molecular formula is C29H25F3N4O2. The van der Waals surface area contributed by atoms with E-state index in [2.05, 4.69) is 10.1 Å². The second kappa shape index (κ2) is 9.81. The maximum absolute atomic E-state index is 14.1. The van der Waals surface area contributed by atoms with Crippen molar-refractivity contribution < 1.29 is 22.4 Å². The number of nitrogens with zero attached hydrogens (tertiary/aromatic N) is 4. The summed E-state index contributed by atoms with van der Waals surface area (Å²) in [5.74, 6) is 0.517. The van der Waals surface area contributed by atoms with E-state index in [1.165, 1.54) is 12.1 Å². The summed E-state index contributed by atoms with van der Waals surface area (Å²) in [6, 6.07) is 19.9. The molecule has 0 aliphatic heterocycles. The average Bonchev–Trinajstić information content (AvgIpc) is 3.58. The molecule has 0 aliphatic carbocycles. The Balaban J connectivity index is 1.58. The Kier molecular flexibility index (Phi) is 6.52. The van der Waals surface area contributed by atoms with Gasteiger partial charge in [-0.3, -0.25) is 4.79 Å². The molecule has 38 heavy (non-hydrogen) atoms. The number of hydrogen-bond donors (Lipinski definition) is 0. The Labute approximate surface area is 217 Å². The first kappa shape index (κ1) is 25.3. The molecular weight excluding hydrogens is 493 g/mol. The molecule has 6 nitrogen and oxygen atoms in total. The van der Waals surface area contributed by atoms with Crippen molar-refractivity contribution in [2.24, 2.45) is 0 Å². The Morgan fingerprint density at radius 2 is 1.74 bits per heavy atom. The van der Waals surface area contributed by atoms with Gasteiger partial charge in [-0.15, -0.1) is 0 Å². The molecule has 0 spiro atoms.